The van der Waals surface area contributed by atoms with Gasteiger partial charge in [0.15, 0.2) is 5.69 Å². The van der Waals surface area contributed by atoms with Gasteiger partial charge in [0, 0.05) is 28.5 Å². The van der Waals surface area contributed by atoms with Gasteiger partial charge in [0.25, 0.3) is 0 Å². The molecular weight excluding hydrogens is 469 g/mol. The number of carbonyl (C=O) groups is 1. The summed E-state index contributed by atoms with van der Waals surface area (Å²) >= 11 is 12.5. The minimum Gasteiger partial charge on any atom is -0.337 e. The highest BCUT2D eigenvalue weighted by molar-refractivity contribution is 6.35. The highest BCUT2D eigenvalue weighted by Crippen LogP contribution is 2.33. The number of halogens is 2. The van der Waals surface area contributed by atoms with Crippen LogP contribution in [0, 0.1) is 11.3 Å². The molecule has 0 aliphatic carbocycles. The van der Waals surface area contributed by atoms with Gasteiger partial charge in [-0.15, -0.1) is 0 Å². The Labute approximate surface area is 208 Å². The van der Waals surface area contributed by atoms with E-state index in [1.807, 2.05) is 40.8 Å². The fourth-order valence-corrected chi connectivity index (χ4v) is 5.50. The van der Waals surface area contributed by atoms with Crippen LogP contribution in [0.1, 0.15) is 49.0 Å². The second-order valence-electron chi connectivity index (χ2n) is 8.89. The summed E-state index contributed by atoms with van der Waals surface area (Å²) in [7, 11) is 0. The van der Waals surface area contributed by atoms with Gasteiger partial charge in [-0.3, -0.25) is 9.48 Å². The van der Waals surface area contributed by atoms with Crippen molar-refractivity contribution in [3.05, 3.63) is 69.3 Å². The lowest BCUT2D eigenvalue weighted by molar-refractivity contribution is -0.132. The number of aromatic nitrogens is 2. The molecule has 1 N–H and O–H groups in total. The van der Waals surface area contributed by atoms with Crippen molar-refractivity contribution in [3.63, 3.8) is 0 Å². The van der Waals surface area contributed by atoms with Gasteiger partial charge in [0.05, 0.1) is 17.6 Å². The maximum Gasteiger partial charge on any atom is 0.239 e. The predicted octanol–water partition coefficient (Wildman–Crippen LogP) is 5.19. The number of hydrogen-bond donors (Lipinski definition) is 1. The number of amides is 1. The third-order valence-electron chi connectivity index (χ3n) is 6.84. The number of fused-ring (bicyclic) bond motifs is 1. The van der Waals surface area contributed by atoms with Crippen molar-refractivity contribution in [3.8, 4) is 6.07 Å². The largest absolute Gasteiger partial charge is 0.337 e. The number of rotatable bonds is 4. The monoisotopic (exact) mass is 493 g/mol. The highest BCUT2D eigenvalue weighted by Gasteiger charge is 2.28. The Balaban J connectivity index is 1.46. The first kappa shape index (κ1) is 22.9. The van der Waals surface area contributed by atoms with Crippen LogP contribution in [0.3, 0.4) is 0 Å². The zero-order chi connectivity index (χ0) is 23.8. The van der Waals surface area contributed by atoms with E-state index in [4.69, 9.17) is 23.2 Å². The molecule has 0 bridgehead atoms. The Bertz CT molecular complexity index is 1330. The summed E-state index contributed by atoms with van der Waals surface area (Å²) in [6.07, 6.45) is 4.91. The van der Waals surface area contributed by atoms with Gasteiger partial charge >= 0.3 is 0 Å². The lowest BCUT2D eigenvalue weighted by Gasteiger charge is -2.29. The molecule has 2 atom stereocenters. The second-order valence-corrected chi connectivity index (χ2v) is 9.73. The van der Waals surface area contributed by atoms with Gasteiger partial charge in [-0.2, -0.15) is 10.4 Å². The Morgan fingerprint density at radius 1 is 1.26 bits per heavy atom. The number of nitrogens with zero attached hydrogens (tertiary/aromatic N) is 4. The lowest BCUT2D eigenvalue weighted by Crippen LogP contribution is -2.45. The second kappa shape index (κ2) is 9.42. The van der Waals surface area contributed by atoms with Crippen LogP contribution in [0.4, 0.5) is 0 Å². The van der Waals surface area contributed by atoms with Crippen LogP contribution in [-0.2, 0) is 4.79 Å². The molecule has 6 nitrogen and oxygen atoms in total. The van der Waals surface area contributed by atoms with Crippen molar-refractivity contribution in [2.75, 3.05) is 19.6 Å². The van der Waals surface area contributed by atoms with Crippen molar-refractivity contribution >= 4 is 45.6 Å². The van der Waals surface area contributed by atoms with Crippen molar-refractivity contribution in [1.29, 1.82) is 5.26 Å². The maximum absolute atomic E-state index is 12.7. The van der Waals surface area contributed by atoms with E-state index >= 15 is 0 Å². The molecule has 34 heavy (non-hydrogen) atoms. The number of carbonyl (C=O) groups excluding carboxylic acids is 1. The molecule has 0 spiro atoms. The van der Waals surface area contributed by atoms with Crippen LogP contribution in [0.15, 0.2) is 42.5 Å². The zero-order valence-electron chi connectivity index (χ0n) is 18.9. The van der Waals surface area contributed by atoms with E-state index in [-0.39, 0.29) is 18.0 Å². The molecule has 8 heteroatoms. The fourth-order valence-electron chi connectivity index (χ4n) is 4.93. The Kier molecular flexibility index (Phi) is 6.35. The van der Waals surface area contributed by atoms with E-state index in [9.17, 15) is 10.1 Å². The quantitative estimate of drug-likeness (QED) is 0.542. The molecule has 3 aromatic rings. The van der Waals surface area contributed by atoms with Crippen LogP contribution < -0.4 is 5.32 Å². The van der Waals surface area contributed by atoms with Gasteiger partial charge in [0.2, 0.25) is 5.91 Å². The van der Waals surface area contributed by atoms with Gasteiger partial charge < -0.3 is 10.2 Å². The first-order chi connectivity index (χ1) is 16.5. The van der Waals surface area contributed by atoms with E-state index in [1.165, 1.54) is 5.57 Å². The van der Waals surface area contributed by atoms with E-state index in [2.05, 4.69) is 28.6 Å². The van der Waals surface area contributed by atoms with E-state index < -0.39 is 0 Å². The van der Waals surface area contributed by atoms with E-state index in [0.717, 1.165) is 47.8 Å². The Hall–Kier alpha value is -2.85. The summed E-state index contributed by atoms with van der Waals surface area (Å²) in [4.78, 5) is 14.7. The molecule has 0 radical (unpaired) electrons. The molecule has 174 valence electrons. The van der Waals surface area contributed by atoms with Gasteiger partial charge in [-0.05, 0) is 73.7 Å². The third-order valence-corrected chi connectivity index (χ3v) is 7.41. The molecule has 2 aliphatic heterocycles. The van der Waals surface area contributed by atoms with Crippen molar-refractivity contribution in [1.82, 2.24) is 20.0 Å². The van der Waals surface area contributed by atoms with Gasteiger partial charge in [-0.25, -0.2) is 0 Å². The van der Waals surface area contributed by atoms with Crippen LogP contribution >= 0.6 is 23.2 Å². The first-order valence-electron chi connectivity index (χ1n) is 11.5. The topological polar surface area (TPSA) is 74.0 Å². The normalized spacial score (nSPS) is 19.2. The summed E-state index contributed by atoms with van der Waals surface area (Å²) in [6.45, 7) is 4.25. The van der Waals surface area contributed by atoms with Crippen LogP contribution in [0.25, 0.3) is 16.5 Å². The lowest BCUT2D eigenvalue weighted by atomic mass is 9.97. The standard InChI is InChI=1S/C26H25Cl2N5O/c1-16(20-7-5-19(27)14-22(20)28)33-25-13-18(4-6-21(25)24(15-29)31-33)17-8-11-32(12-9-17)26(34)23-3-2-10-30-23/h4-8,13-14,16,23,30H,2-3,9-12H2,1H3. The summed E-state index contributed by atoms with van der Waals surface area (Å²) in [6, 6.07) is 13.5. The first-order valence-corrected chi connectivity index (χ1v) is 12.3. The molecule has 1 amide bonds. The minimum atomic E-state index is -0.183. The molecule has 1 saturated heterocycles. The van der Waals surface area contributed by atoms with E-state index in [0.29, 0.717) is 28.8 Å². The highest BCUT2D eigenvalue weighted by atomic mass is 35.5. The van der Waals surface area contributed by atoms with Gasteiger partial charge in [0.1, 0.15) is 6.07 Å². The number of benzene rings is 2. The molecule has 1 aromatic heterocycles. The molecule has 2 aliphatic rings. The maximum atomic E-state index is 12.7. The summed E-state index contributed by atoms with van der Waals surface area (Å²) in [5.74, 6) is 0.202. The van der Waals surface area contributed by atoms with Crippen molar-refractivity contribution in [2.45, 2.75) is 38.3 Å². The number of nitriles is 1. The van der Waals surface area contributed by atoms with E-state index in [1.54, 1.807) is 6.07 Å². The SMILES string of the molecule is CC(c1ccc(Cl)cc1Cl)n1nc(C#N)c2ccc(C3=CCN(C(=O)C4CCCN4)CC3)cc21. The summed E-state index contributed by atoms with van der Waals surface area (Å²) < 4.78 is 1.86. The van der Waals surface area contributed by atoms with Crippen LogP contribution in [0.2, 0.25) is 10.0 Å². The minimum absolute atomic E-state index is 0.0359. The fraction of sp³-hybridized carbons (Fsp3) is 0.346. The average molecular weight is 494 g/mol. The number of hydrogen-bond acceptors (Lipinski definition) is 4. The molecule has 2 aromatic carbocycles. The number of nitrogens with one attached hydrogen (secondary N) is 1. The third kappa shape index (κ3) is 4.20. The molecule has 3 heterocycles. The molecule has 5 rings (SSSR count). The summed E-state index contributed by atoms with van der Waals surface area (Å²) in [5, 5.41) is 19.5. The van der Waals surface area contributed by atoms with Crippen molar-refractivity contribution in [2.24, 2.45) is 0 Å². The smallest absolute Gasteiger partial charge is 0.239 e. The predicted molar refractivity (Wildman–Crippen MR) is 135 cm³/mol. The van der Waals surface area contributed by atoms with Crippen molar-refractivity contribution < 1.29 is 4.79 Å². The van der Waals surface area contributed by atoms with Crippen LogP contribution in [0.5, 0.6) is 0 Å². The summed E-state index contributed by atoms with van der Waals surface area (Å²) in [5.41, 5.74) is 4.43. The average Bonchev–Trinajstić information content (AvgIpc) is 3.51. The molecule has 1 fully saturated rings. The van der Waals surface area contributed by atoms with Gasteiger partial charge in [-0.1, -0.05) is 41.4 Å². The molecular formula is C26H25Cl2N5O. The Morgan fingerprint density at radius 2 is 2.12 bits per heavy atom. The molecule has 0 saturated carbocycles. The molecule has 2 unspecified atom stereocenters. The van der Waals surface area contributed by atoms with Crippen LogP contribution in [-0.4, -0.2) is 46.3 Å². The zero-order valence-corrected chi connectivity index (χ0v) is 20.4. The Morgan fingerprint density at radius 3 is 2.79 bits per heavy atom.